The van der Waals surface area contributed by atoms with Crippen LogP contribution in [0.1, 0.15) is 17.8 Å². The van der Waals surface area contributed by atoms with Gasteiger partial charge in [-0.2, -0.15) is 0 Å². The van der Waals surface area contributed by atoms with Gasteiger partial charge < -0.3 is 14.8 Å². The molecular formula is C20H20N4O3S. The van der Waals surface area contributed by atoms with Crippen molar-refractivity contribution in [1.82, 2.24) is 20.1 Å². The summed E-state index contributed by atoms with van der Waals surface area (Å²) >= 11 is 1.52. The maximum absolute atomic E-state index is 12.2. The third-order valence-corrected chi connectivity index (χ3v) is 5.23. The molecule has 1 N–H and O–H groups in total. The molecule has 8 heteroatoms. The highest BCUT2D eigenvalue weighted by atomic mass is 32.2. The summed E-state index contributed by atoms with van der Waals surface area (Å²) in [5.41, 5.74) is 1.99. The molecule has 2 heterocycles. The van der Waals surface area contributed by atoms with E-state index in [-0.39, 0.29) is 12.7 Å². The molecule has 2 aromatic carbocycles. The monoisotopic (exact) mass is 396 g/mol. The number of amides is 1. The van der Waals surface area contributed by atoms with E-state index in [4.69, 9.17) is 9.47 Å². The van der Waals surface area contributed by atoms with Gasteiger partial charge >= 0.3 is 0 Å². The standard InChI is InChI=1S/C20H20N4O3S/c1-14-22-23-20(24(14)16-5-3-2-4-6-16)28-10-9-19(25)21-12-15-7-8-17-18(11-15)27-13-26-17/h2-8,11H,9-10,12-13H2,1H3,(H,21,25). The topological polar surface area (TPSA) is 78.3 Å². The van der Waals surface area contributed by atoms with E-state index in [1.54, 1.807) is 0 Å². The molecule has 1 aromatic heterocycles. The van der Waals surface area contributed by atoms with E-state index in [0.717, 1.165) is 33.7 Å². The summed E-state index contributed by atoms with van der Waals surface area (Å²) < 4.78 is 12.6. The van der Waals surface area contributed by atoms with E-state index in [1.165, 1.54) is 11.8 Å². The molecule has 1 amide bonds. The molecular weight excluding hydrogens is 376 g/mol. The minimum Gasteiger partial charge on any atom is -0.454 e. The van der Waals surface area contributed by atoms with Crippen molar-refractivity contribution in [3.8, 4) is 17.2 Å². The predicted octanol–water partition coefficient (Wildman–Crippen LogP) is 3.10. The summed E-state index contributed by atoms with van der Waals surface area (Å²) in [6.07, 6.45) is 0.399. The number of aryl methyl sites for hydroxylation is 1. The number of carbonyl (C=O) groups excluding carboxylic acids is 1. The third-order valence-electron chi connectivity index (χ3n) is 4.30. The molecule has 0 unspecified atom stereocenters. The van der Waals surface area contributed by atoms with Gasteiger partial charge in [-0.25, -0.2) is 0 Å². The van der Waals surface area contributed by atoms with Crippen molar-refractivity contribution in [2.45, 2.75) is 25.0 Å². The molecule has 144 valence electrons. The van der Waals surface area contributed by atoms with Crippen molar-refractivity contribution in [3.05, 3.63) is 59.9 Å². The molecule has 7 nitrogen and oxygen atoms in total. The summed E-state index contributed by atoms with van der Waals surface area (Å²) in [7, 11) is 0. The molecule has 28 heavy (non-hydrogen) atoms. The molecule has 0 saturated carbocycles. The van der Waals surface area contributed by atoms with Crippen molar-refractivity contribution >= 4 is 17.7 Å². The SMILES string of the molecule is Cc1nnc(SCCC(=O)NCc2ccc3c(c2)OCO3)n1-c1ccccc1. The molecule has 0 fully saturated rings. The quantitative estimate of drug-likeness (QED) is 0.619. The van der Waals surface area contributed by atoms with Crippen molar-refractivity contribution in [2.75, 3.05) is 12.5 Å². The fourth-order valence-electron chi connectivity index (χ4n) is 2.89. The second-order valence-electron chi connectivity index (χ2n) is 6.26. The van der Waals surface area contributed by atoms with Gasteiger partial charge in [0.25, 0.3) is 0 Å². The Hall–Kier alpha value is -3.00. The van der Waals surface area contributed by atoms with Crippen LogP contribution in [0.4, 0.5) is 0 Å². The molecule has 0 aliphatic carbocycles. The average molecular weight is 396 g/mol. The molecule has 1 aliphatic heterocycles. The highest BCUT2D eigenvalue weighted by molar-refractivity contribution is 7.99. The van der Waals surface area contributed by atoms with E-state index >= 15 is 0 Å². The second kappa shape index (κ2) is 8.35. The van der Waals surface area contributed by atoms with E-state index < -0.39 is 0 Å². The van der Waals surface area contributed by atoms with Gasteiger partial charge in [-0.05, 0) is 36.8 Å². The number of carbonyl (C=O) groups is 1. The van der Waals surface area contributed by atoms with Crippen LogP contribution in [0.15, 0.2) is 53.7 Å². The fourth-order valence-corrected chi connectivity index (χ4v) is 3.82. The molecule has 0 bridgehead atoms. The number of thioether (sulfide) groups is 1. The summed E-state index contributed by atoms with van der Waals surface area (Å²) in [6, 6.07) is 15.6. The number of aromatic nitrogens is 3. The average Bonchev–Trinajstić information content (AvgIpc) is 3.33. The normalized spacial score (nSPS) is 12.2. The van der Waals surface area contributed by atoms with Gasteiger partial charge in [0.05, 0.1) is 0 Å². The molecule has 0 radical (unpaired) electrons. The van der Waals surface area contributed by atoms with Crippen LogP contribution in [-0.2, 0) is 11.3 Å². The zero-order chi connectivity index (χ0) is 19.3. The first kappa shape index (κ1) is 18.4. The largest absolute Gasteiger partial charge is 0.454 e. The fraction of sp³-hybridized carbons (Fsp3) is 0.250. The smallest absolute Gasteiger partial charge is 0.231 e. The Labute approximate surface area is 167 Å². The van der Waals surface area contributed by atoms with E-state index in [0.29, 0.717) is 18.7 Å². The minimum atomic E-state index is -0.00679. The zero-order valence-corrected chi connectivity index (χ0v) is 16.2. The first-order valence-electron chi connectivity index (χ1n) is 8.96. The molecule has 0 spiro atoms. The Morgan fingerprint density at radius 2 is 1.96 bits per heavy atom. The van der Waals surface area contributed by atoms with Gasteiger partial charge in [0.2, 0.25) is 12.7 Å². The van der Waals surface area contributed by atoms with Gasteiger partial charge in [-0.3, -0.25) is 9.36 Å². The zero-order valence-electron chi connectivity index (χ0n) is 15.4. The Kier molecular flexibility index (Phi) is 5.48. The van der Waals surface area contributed by atoms with E-state index in [2.05, 4.69) is 15.5 Å². The van der Waals surface area contributed by atoms with Crippen LogP contribution in [0, 0.1) is 6.92 Å². The molecule has 3 aromatic rings. The molecule has 4 rings (SSSR count). The van der Waals surface area contributed by atoms with Crippen molar-refractivity contribution < 1.29 is 14.3 Å². The van der Waals surface area contributed by atoms with E-state index in [1.807, 2.05) is 60.0 Å². The van der Waals surface area contributed by atoms with E-state index in [9.17, 15) is 4.79 Å². The number of ether oxygens (including phenoxy) is 2. The summed E-state index contributed by atoms with van der Waals surface area (Å²) in [5, 5.41) is 12.1. The Balaban J connectivity index is 1.28. The highest BCUT2D eigenvalue weighted by Gasteiger charge is 2.14. The number of fused-ring (bicyclic) bond motifs is 1. The van der Waals surface area contributed by atoms with Crippen LogP contribution < -0.4 is 14.8 Å². The Morgan fingerprint density at radius 1 is 1.14 bits per heavy atom. The highest BCUT2D eigenvalue weighted by Crippen LogP contribution is 2.32. The van der Waals surface area contributed by atoms with Crippen molar-refractivity contribution in [3.63, 3.8) is 0 Å². The van der Waals surface area contributed by atoms with Gasteiger partial charge in [0.1, 0.15) is 5.82 Å². The van der Waals surface area contributed by atoms with Gasteiger partial charge in [-0.15, -0.1) is 10.2 Å². The van der Waals surface area contributed by atoms with Gasteiger partial charge in [0, 0.05) is 24.4 Å². The Bertz CT molecular complexity index is 975. The number of benzene rings is 2. The Morgan fingerprint density at radius 3 is 2.82 bits per heavy atom. The number of hydrogen-bond acceptors (Lipinski definition) is 6. The lowest BCUT2D eigenvalue weighted by Gasteiger charge is -2.08. The van der Waals surface area contributed by atoms with Crippen LogP contribution in [0.3, 0.4) is 0 Å². The molecule has 0 saturated heterocycles. The number of hydrogen-bond donors (Lipinski definition) is 1. The maximum atomic E-state index is 12.2. The first-order chi connectivity index (χ1) is 13.7. The van der Waals surface area contributed by atoms with Crippen molar-refractivity contribution in [1.29, 1.82) is 0 Å². The van der Waals surface area contributed by atoms with Crippen LogP contribution >= 0.6 is 11.8 Å². The number of nitrogens with one attached hydrogen (secondary N) is 1. The van der Waals surface area contributed by atoms with Crippen LogP contribution in [0.2, 0.25) is 0 Å². The van der Waals surface area contributed by atoms with Crippen LogP contribution in [0.5, 0.6) is 11.5 Å². The summed E-state index contributed by atoms with van der Waals surface area (Å²) in [5.74, 6) is 2.90. The number of rotatable bonds is 7. The summed E-state index contributed by atoms with van der Waals surface area (Å²) in [4.78, 5) is 12.2. The minimum absolute atomic E-state index is 0.00679. The van der Waals surface area contributed by atoms with Crippen molar-refractivity contribution in [2.24, 2.45) is 0 Å². The number of para-hydroxylation sites is 1. The van der Waals surface area contributed by atoms with Crippen LogP contribution in [0.25, 0.3) is 5.69 Å². The molecule has 1 aliphatic rings. The lowest BCUT2D eigenvalue weighted by atomic mass is 10.2. The van der Waals surface area contributed by atoms with Gasteiger partial charge in [-0.1, -0.05) is 36.0 Å². The van der Waals surface area contributed by atoms with Gasteiger partial charge in [0.15, 0.2) is 16.7 Å². The number of nitrogens with zero attached hydrogens (tertiary/aromatic N) is 3. The third kappa shape index (κ3) is 4.12. The molecule has 0 atom stereocenters. The predicted molar refractivity (Wildman–Crippen MR) is 106 cm³/mol. The first-order valence-corrected chi connectivity index (χ1v) is 9.95. The lowest BCUT2D eigenvalue weighted by molar-refractivity contribution is -0.120. The van der Waals surface area contributed by atoms with Crippen LogP contribution in [-0.4, -0.2) is 33.2 Å². The lowest BCUT2D eigenvalue weighted by Crippen LogP contribution is -2.23. The maximum Gasteiger partial charge on any atom is 0.231 e. The summed E-state index contributed by atoms with van der Waals surface area (Å²) in [6.45, 7) is 2.62. The second-order valence-corrected chi connectivity index (χ2v) is 7.33.